The lowest BCUT2D eigenvalue weighted by molar-refractivity contribution is -0.870. The van der Waals surface area contributed by atoms with Gasteiger partial charge >= 0.3 is 0 Å². The smallest absolute Gasteiger partial charge is 0.268 e. The maximum atomic E-state index is 12.6. The Labute approximate surface area is 185 Å². The van der Waals surface area contributed by atoms with Crippen LogP contribution >= 0.6 is 7.82 Å². The standard InChI is InChI=1S/C20H31N4O6P/c1-7-10-21-17-19(25)23(12-9-3)18-20(26)22(11-8-2)13-15-29-31(27,28)30-16-14-24(4,5)6/h1-3,21H,10-18H2,4-6H3. The van der Waals surface area contributed by atoms with E-state index in [4.69, 9.17) is 28.3 Å². The molecule has 1 N–H and O–H groups in total. The highest BCUT2D eigenvalue weighted by Gasteiger charge is 2.21. The first-order valence-electron chi connectivity index (χ1n) is 9.43. The Morgan fingerprint density at radius 1 is 1.00 bits per heavy atom. The van der Waals surface area contributed by atoms with Crippen molar-refractivity contribution in [3.63, 3.8) is 0 Å². The number of nitrogens with one attached hydrogen (secondary N) is 1. The minimum Gasteiger partial charge on any atom is -0.756 e. The highest BCUT2D eigenvalue weighted by Crippen LogP contribution is 2.37. The Kier molecular flexibility index (Phi) is 13.5. The summed E-state index contributed by atoms with van der Waals surface area (Å²) < 4.78 is 22.0. The molecule has 1 unspecified atom stereocenters. The van der Waals surface area contributed by atoms with Crippen LogP contribution in [0.15, 0.2) is 0 Å². The molecular weight excluding hydrogens is 423 g/mol. The number of quaternary nitrogens is 1. The number of hydrogen-bond donors (Lipinski definition) is 1. The number of hydrogen-bond acceptors (Lipinski definition) is 7. The maximum Gasteiger partial charge on any atom is 0.268 e. The van der Waals surface area contributed by atoms with E-state index in [9.17, 15) is 19.0 Å². The molecule has 0 aromatic rings. The summed E-state index contributed by atoms with van der Waals surface area (Å²) in [6.45, 7) is -0.414. The minimum atomic E-state index is -4.52. The molecule has 0 aromatic carbocycles. The summed E-state index contributed by atoms with van der Waals surface area (Å²) in [5, 5.41) is 2.72. The number of amides is 2. The average molecular weight is 454 g/mol. The molecule has 31 heavy (non-hydrogen) atoms. The molecule has 0 saturated heterocycles. The topological polar surface area (TPSA) is 111 Å². The Morgan fingerprint density at radius 2 is 1.58 bits per heavy atom. The molecule has 0 heterocycles. The van der Waals surface area contributed by atoms with Gasteiger partial charge in [-0.15, -0.1) is 19.3 Å². The highest BCUT2D eigenvalue weighted by atomic mass is 31.2. The van der Waals surface area contributed by atoms with E-state index in [1.54, 1.807) is 0 Å². The van der Waals surface area contributed by atoms with Gasteiger partial charge in [0.05, 0.1) is 53.9 Å². The maximum absolute atomic E-state index is 12.6. The largest absolute Gasteiger partial charge is 0.756 e. The van der Waals surface area contributed by atoms with Crippen molar-refractivity contribution in [1.29, 1.82) is 0 Å². The number of likely N-dealkylation sites (N-methyl/N-ethyl adjacent to an activating group) is 1. The third-order valence-electron chi connectivity index (χ3n) is 3.72. The summed E-state index contributed by atoms with van der Waals surface area (Å²) in [4.78, 5) is 39.0. The van der Waals surface area contributed by atoms with Gasteiger partial charge in [0.2, 0.25) is 11.8 Å². The molecule has 11 heteroatoms. The number of rotatable bonds is 15. The van der Waals surface area contributed by atoms with Gasteiger partial charge < -0.3 is 28.2 Å². The van der Waals surface area contributed by atoms with Crippen molar-refractivity contribution in [3.8, 4) is 37.0 Å². The number of phosphoric acid groups is 1. The molecular formula is C20H31N4O6P. The molecule has 1 atom stereocenters. The molecule has 0 saturated carbocycles. The number of carbonyl (C=O) groups excluding carboxylic acids is 2. The summed E-state index contributed by atoms with van der Waals surface area (Å²) in [5.41, 5.74) is 0. The Hall–Kier alpha value is -2.35. The second-order valence-corrected chi connectivity index (χ2v) is 8.82. The van der Waals surface area contributed by atoms with Gasteiger partial charge in [-0.25, -0.2) is 0 Å². The van der Waals surface area contributed by atoms with E-state index in [0.29, 0.717) is 11.0 Å². The van der Waals surface area contributed by atoms with E-state index in [-0.39, 0.29) is 52.5 Å². The van der Waals surface area contributed by atoms with Gasteiger partial charge in [0.15, 0.2) is 0 Å². The van der Waals surface area contributed by atoms with Crippen LogP contribution in [0.4, 0.5) is 0 Å². The molecule has 172 valence electrons. The normalized spacial score (nSPS) is 12.7. The SMILES string of the molecule is C#CCNCC(=O)N(CC#C)CC(=O)N(CC#C)CCOP(=O)([O-])OCC[N+](C)(C)C. The van der Waals surface area contributed by atoms with Gasteiger partial charge in [0.1, 0.15) is 19.7 Å². The van der Waals surface area contributed by atoms with Crippen molar-refractivity contribution in [2.75, 3.05) is 80.2 Å². The van der Waals surface area contributed by atoms with E-state index in [1.807, 2.05) is 21.1 Å². The van der Waals surface area contributed by atoms with Gasteiger partial charge in [-0.05, 0) is 0 Å². The predicted octanol–water partition coefficient (Wildman–Crippen LogP) is -1.66. The highest BCUT2D eigenvalue weighted by molar-refractivity contribution is 7.45. The summed E-state index contributed by atoms with van der Waals surface area (Å²) in [6, 6.07) is 0. The summed E-state index contributed by atoms with van der Waals surface area (Å²) in [6.07, 6.45) is 15.7. The van der Waals surface area contributed by atoms with Crippen LogP contribution in [0.25, 0.3) is 0 Å². The summed E-state index contributed by atoms with van der Waals surface area (Å²) in [5.74, 6) is 6.05. The van der Waals surface area contributed by atoms with Gasteiger partial charge in [-0.3, -0.25) is 19.5 Å². The third kappa shape index (κ3) is 14.3. The Bertz CT molecular complexity index is 760. The Balaban J connectivity index is 4.76. The molecule has 2 amide bonds. The zero-order chi connectivity index (χ0) is 23.9. The van der Waals surface area contributed by atoms with Crippen LogP contribution in [0, 0.1) is 37.0 Å². The fraction of sp³-hybridized carbons (Fsp3) is 0.600. The molecule has 0 aliphatic rings. The molecule has 0 aliphatic heterocycles. The predicted molar refractivity (Wildman–Crippen MR) is 115 cm³/mol. The molecule has 0 bridgehead atoms. The second kappa shape index (κ2) is 14.6. The number of carbonyl (C=O) groups is 2. The molecule has 0 aliphatic carbocycles. The second-order valence-electron chi connectivity index (χ2n) is 7.41. The van der Waals surface area contributed by atoms with Crippen LogP contribution in [0.5, 0.6) is 0 Å². The zero-order valence-electron chi connectivity index (χ0n) is 18.3. The monoisotopic (exact) mass is 454 g/mol. The van der Waals surface area contributed by atoms with Crippen LogP contribution in [0.1, 0.15) is 0 Å². The van der Waals surface area contributed by atoms with Crippen LogP contribution in [-0.4, -0.2) is 106 Å². The lowest BCUT2D eigenvalue weighted by Gasteiger charge is -2.28. The molecule has 0 aromatic heterocycles. The van der Waals surface area contributed by atoms with Crippen molar-refractivity contribution in [1.82, 2.24) is 15.1 Å². The van der Waals surface area contributed by atoms with Crippen molar-refractivity contribution in [2.45, 2.75) is 0 Å². The van der Waals surface area contributed by atoms with Gasteiger partial charge in [0, 0.05) is 6.54 Å². The van der Waals surface area contributed by atoms with E-state index >= 15 is 0 Å². The number of phosphoric ester groups is 1. The molecule has 0 rings (SSSR count). The van der Waals surface area contributed by atoms with Crippen LogP contribution in [0.2, 0.25) is 0 Å². The van der Waals surface area contributed by atoms with Gasteiger partial charge in [-0.1, -0.05) is 17.8 Å². The van der Waals surface area contributed by atoms with Crippen LogP contribution < -0.4 is 10.2 Å². The summed E-state index contributed by atoms with van der Waals surface area (Å²) in [7, 11) is 1.16. The van der Waals surface area contributed by atoms with E-state index in [1.165, 1.54) is 9.80 Å². The molecule has 10 nitrogen and oxygen atoms in total. The average Bonchev–Trinajstić information content (AvgIpc) is 2.65. The number of terminal acetylenes is 3. The van der Waals surface area contributed by atoms with Crippen molar-refractivity contribution in [3.05, 3.63) is 0 Å². The molecule has 0 radical (unpaired) electrons. The van der Waals surface area contributed by atoms with Crippen molar-refractivity contribution < 1.29 is 32.6 Å². The Morgan fingerprint density at radius 3 is 2.13 bits per heavy atom. The quantitative estimate of drug-likeness (QED) is 0.136. The molecule has 0 spiro atoms. The third-order valence-corrected chi connectivity index (χ3v) is 4.72. The van der Waals surface area contributed by atoms with Crippen molar-refractivity contribution in [2.24, 2.45) is 0 Å². The van der Waals surface area contributed by atoms with Gasteiger partial charge in [0.25, 0.3) is 7.82 Å². The number of nitrogens with zero attached hydrogens (tertiary/aromatic N) is 3. The lowest BCUT2D eigenvalue weighted by atomic mass is 10.3. The fourth-order valence-electron chi connectivity index (χ4n) is 2.09. The molecule has 0 fully saturated rings. The van der Waals surface area contributed by atoms with Gasteiger partial charge in [-0.2, -0.15) is 0 Å². The van der Waals surface area contributed by atoms with Crippen molar-refractivity contribution >= 4 is 19.6 Å². The first-order chi connectivity index (χ1) is 14.5. The van der Waals surface area contributed by atoms with E-state index < -0.39 is 19.6 Å². The van der Waals surface area contributed by atoms with E-state index in [0.717, 1.165) is 0 Å². The zero-order valence-corrected chi connectivity index (χ0v) is 19.2. The van der Waals surface area contributed by atoms with Crippen LogP contribution in [-0.2, 0) is 23.2 Å². The first-order valence-corrected chi connectivity index (χ1v) is 10.9. The lowest BCUT2D eigenvalue weighted by Crippen LogP contribution is -2.46. The fourth-order valence-corrected chi connectivity index (χ4v) is 2.77. The van der Waals surface area contributed by atoms with E-state index in [2.05, 4.69) is 23.1 Å². The summed E-state index contributed by atoms with van der Waals surface area (Å²) >= 11 is 0. The minimum absolute atomic E-state index is 0.0336. The first kappa shape index (κ1) is 28.6. The van der Waals surface area contributed by atoms with Crippen LogP contribution in [0.3, 0.4) is 0 Å².